The van der Waals surface area contributed by atoms with E-state index in [0.717, 1.165) is 0 Å². The second-order valence-electron chi connectivity index (χ2n) is 2.97. The van der Waals surface area contributed by atoms with Crippen LogP contribution in [0, 0.1) is 6.92 Å². The van der Waals surface area contributed by atoms with Gasteiger partial charge in [-0.1, -0.05) is 97.7 Å². The maximum atomic E-state index is 3.58. The van der Waals surface area contributed by atoms with Gasteiger partial charge in [0.25, 0.3) is 0 Å². The normalized spacial score (nSPS) is 13.9. The second-order valence-corrected chi connectivity index (χ2v) is 2.97. The Hall–Kier alpha value is -2.08. The van der Waals surface area contributed by atoms with Crippen LogP contribution >= 0.6 is 0 Å². The molecule has 0 fully saturated rings. The van der Waals surface area contributed by atoms with Gasteiger partial charge in [0.1, 0.15) is 0 Å². The van der Waals surface area contributed by atoms with Gasteiger partial charge in [0.05, 0.1) is 0 Å². The van der Waals surface area contributed by atoms with Gasteiger partial charge in [-0.05, 0) is 6.92 Å². The maximum absolute atomic E-state index is 3.58. The van der Waals surface area contributed by atoms with Crippen LogP contribution in [0.15, 0.2) is 97.7 Å². The van der Waals surface area contributed by atoms with Crippen LogP contribution in [0.2, 0.25) is 0 Å². The Bertz CT molecular complexity index is 369. The average Bonchev–Trinajstić information content (AvgIpc) is 2.35. The zero-order valence-electron chi connectivity index (χ0n) is 10.1. The first-order valence-corrected chi connectivity index (χ1v) is 5.48. The van der Waals surface area contributed by atoms with Crippen molar-refractivity contribution in [3.05, 3.63) is 105 Å². The van der Waals surface area contributed by atoms with Crippen LogP contribution in [0.25, 0.3) is 0 Å². The van der Waals surface area contributed by atoms with E-state index in [-0.39, 0.29) is 0 Å². The van der Waals surface area contributed by atoms with Crippen molar-refractivity contribution >= 4 is 0 Å². The minimum absolute atomic E-state index is 1.75. The number of allylic oxidation sites excluding steroid dienone is 15. The van der Waals surface area contributed by atoms with Crippen LogP contribution in [-0.4, -0.2) is 0 Å². The van der Waals surface area contributed by atoms with Crippen LogP contribution in [0.3, 0.4) is 0 Å². The van der Waals surface area contributed by atoms with Crippen LogP contribution < -0.4 is 0 Å². The Kier molecular flexibility index (Phi) is 12.2. The summed E-state index contributed by atoms with van der Waals surface area (Å²) in [5, 5.41) is 0. The van der Waals surface area contributed by atoms with E-state index >= 15 is 0 Å². The highest BCUT2D eigenvalue weighted by Gasteiger charge is 1.63. The molecule has 0 aliphatic carbocycles. The Morgan fingerprint density at radius 2 is 0.706 bits per heavy atom. The molecule has 0 heteroatoms. The van der Waals surface area contributed by atoms with Gasteiger partial charge >= 0.3 is 0 Å². The van der Waals surface area contributed by atoms with E-state index in [2.05, 4.69) is 13.5 Å². The fourth-order valence-corrected chi connectivity index (χ4v) is 0.863. The largest absolute Gasteiger partial charge is 0.0991 e. The molecule has 0 spiro atoms. The summed E-state index contributed by atoms with van der Waals surface area (Å²) in [5.74, 6) is 0. The molecule has 0 atom stereocenters. The molecule has 0 unspecified atom stereocenters. The molecule has 0 bridgehead atoms. The van der Waals surface area contributed by atoms with Gasteiger partial charge in [-0.3, -0.25) is 0 Å². The van der Waals surface area contributed by atoms with Crippen molar-refractivity contribution in [3.63, 3.8) is 0 Å². The molecule has 0 heterocycles. The molecule has 0 aromatic carbocycles. The smallest absolute Gasteiger partial charge is 0.0313 e. The minimum atomic E-state index is 1.75. The predicted octanol–water partition coefficient (Wildman–Crippen LogP) is 4.90. The fourth-order valence-electron chi connectivity index (χ4n) is 0.863. The highest BCUT2D eigenvalue weighted by molar-refractivity contribution is 5.21. The predicted molar refractivity (Wildman–Crippen MR) is 79.5 cm³/mol. The Morgan fingerprint density at radius 3 is 1.00 bits per heavy atom. The lowest BCUT2D eigenvalue weighted by Crippen LogP contribution is -1.53. The summed E-state index contributed by atoms with van der Waals surface area (Å²) in [6.07, 6.45) is 28.8. The molecule has 0 N–H and O–H groups in total. The summed E-state index contributed by atoms with van der Waals surface area (Å²) >= 11 is 0. The topological polar surface area (TPSA) is 0 Å². The first kappa shape index (κ1) is 14.9. The molecule has 0 amide bonds. The van der Waals surface area contributed by atoms with Gasteiger partial charge in [0.15, 0.2) is 0 Å². The third-order valence-electron chi connectivity index (χ3n) is 1.61. The zero-order chi connectivity index (χ0) is 12.6. The van der Waals surface area contributed by atoms with E-state index < -0.39 is 0 Å². The molecule has 0 aromatic heterocycles. The van der Waals surface area contributed by atoms with Gasteiger partial charge in [0.2, 0.25) is 0 Å². The van der Waals surface area contributed by atoms with Gasteiger partial charge in [-0.2, -0.15) is 0 Å². The molecule has 0 aliphatic heterocycles. The monoisotopic (exact) mass is 223 g/mol. The Labute approximate surface area is 105 Å². The average molecular weight is 223 g/mol. The van der Waals surface area contributed by atoms with E-state index in [1.165, 1.54) is 0 Å². The summed E-state index contributed by atoms with van der Waals surface area (Å²) in [6, 6.07) is 0. The molecule has 0 rings (SSSR count). The van der Waals surface area contributed by atoms with Crippen molar-refractivity contribution in [2.24, 2.45) is 0 Å². The lowest BCUT2D eigenvalue weighted by molar-refractivity contribution is 1.83. The molecule has 0 aliphatic rings. The van der Waals surface area contributed by atoms with E-state index in [1.54, 1.807) is 12.2 Å². The molecule has 0 aromatic rings. The maximum Gasteiger partial charge on any atom is -0.0313 e. The molecule has 1 radical (unpaired) electrons. The van der Waals surface area contributed by atoms with Crippen molar-refractivity contribution in [1.29, 1.82) is 0 Å². The fraction of sp³-hybridized carbons (Fsp3) is 0. The quantitative estimate of drug-likeness (QED) is 0.538. The van der Waals surface area contributed by atoms with E-state index in [4.69, 9.17) is 0 Å². The molecule has 0 saturated heterocycles. The number of hydrogen-bond donors (Lipinski definition) is 0. The summed E-state index contributed by atoms with van der Waals surface area (Å²) in [7, 11) is 0. The highest BCUT2D eigenvalue weighted by Crippen LogP contribution is 1.85. The van der Waals surface area contributed by atoms with Crippen molar-refractivity contribution in [3.8, 4) is 0 Å². The SMILES string of the molecule is [CH2]/C=C/C=C/C=C/C=C/C=C/C=C/C=C/C=C. The van der Waals surface area contributed by atoms with Crippen molar-refractivity contribution in [2.75, 3.05) is 0 Å². The van der Waals surface area contributed by atoms with Crippen LogP contribution in [0.1, 0.15) is 0 Å². The first-order chi connectivity index (χ1) is 8.41. The molecular weight excluding hydrogens is 204 g/mol. The van der Waals surface area contributed by atoms with Gasteiger partial charge in [0, 0.05) is 0 Å². The molecule has 17 heavy (non-hydrogen) atoms. The molecule has 87 valence electrons. The van der Waals surface area contributed by atoms with E-state index in [1.807, 2.05) is 79.0 Å². The first-order valence-electron chi connectivity index (χ1n) is 5.48. The zero-order valence-corrected chi connectivity index (χ0v) is 10.1. The standard InChI is InChI=1S/C17H19/c1-3-5-7-9-11-13-15-17-16-14-12-10-8-6-4-2/h3-17H,1-2H2/b5-3+,8-6+,9-7+,12-10+,13-11+,16-14+,17-15+. The van der Waals surface area contributed by atoms with Crippen molar-refractivity contribution in [1.82, 2.24) is 0 Å². The van der Waals surface area contributed by atoms with Gasteiger partial charge in [-0.15, -0.1) is 0 Å². The lowest BCUT2D eigenvalue weighted by Gasteiger charge is -1.74. The van der Waals surface area contributed by atoms with Gasteiger partial charge in [-0.25, -0.2) is 0 Å². The number of rotatable bonds is 7. The van der Waals surface area contributed by atoms with Gasteiger partial charge < -0.3 is 0 Å². The van der Waals surface area contributed by atoms with Crippen molar-refractivity contribution < 1.29 is 0 Å². The lowest BCUT2D eigenvalue weighted by atomic mass is 10.3. The van der Waals surface area contributed by atoms with Crippen LogP contribution in [0.4, 0.5) is 0 Å². The molecular formula is C17H19. The summed E-state index contributed by atoms with van der Waals surface area (Å²) in [5.41, 5.74) is 0. The molecule has 0 nitrogen and oxygen atoms in total. The third kappa shape index (κ3) is 13.9. The van der Waals surface area contributed by atoms with Crippen molar-refractivity contribution in [2.45, 2.75) is 0 Å². The summed E-state index contributed by atoms with van der Waals surface area (Å²) in [6.45, 7) is 7.17. The van der Waals surface area contributed by atoms with E-state index in [9.17, 15) is 0 Å². The Morgan fingerprint density at radius 1 is 0.412 bits per heavy atom. The summed E-state index contributed by atoms with van der Waals surface area (Å²) < 4.78 is 0. The Balaban J connectivity index is 3.80. The molecule has 0 saturated carbocycles. The summed E-state index contributed by atoms with van der Waals surface area (Å²) in [4.78, 5) is 0. The van der Waals surface area contributed by atoms with Crippen LogP contribution in [-0.2, 0) is 0 Å². The van der Waals surface area contributed by atoms with E-state index in [0.29, 0.717) is 0 Å². The second kappa shape index (κ2) is 13.9. The minimum Gasteiger partial charge on any atom is -0.0991 e. The third-order valence-corrected chi connectivity index (χ3v) is 1.61. The number of hydrogen-bond acceptors (Lipinski definition) is 0. The van der Waals surface area contributed by atoms with Crippen LogP contribution in [0.5, 0.6) is 0 Å². The highest BCUT2D eigenvalue weighted by atomic mass is 13.7.